The topological polar surface area (TPSA) is 127 Å². The summed E-state index contributed by atoms with van der Waals surface area (Å²) < 4.78 is 20.3. The molecule has 10 nitrogen and oxygen atoms in total. The number of methoxy groups -OCH3 is 2. The van der Waals surface area contributed by atoms with E-state index < -0.39 is 0 Å². The minimum Gasteiger partial charge on any atom is -0.497 e. The van der Waals surface area contributed by atoms with Crippen LogP contribution in [0.1, 0.15) is 13.3 Å². The predicted molar refractivity (Wildman–Crippen MR) is 150 cm³/mol. The maximum absolute atomic E-state index is 11.3. The van der Waals surface area contributed by atoms with Crippen LogP contribution in [-0.2, 0) is 4.79 Å². The molecule has 198 valence electrons. The van der Waals surface area contributed by atoms with Crippen molar-refractivity contribution in [3.05, 3.63) is 60.7 Å². The van der Waals surface area contributed by atoms with Gasteiger partial charge in [-0.1, -0.05) is 12.1 Å². The standard InChI is InChI=1S/C27H29N5O5S/c1-17(34)28-18-9-11-20(12-10-18)38-32-27-26(29-21-7-4-5-8-22(21)30-27)31-23-15-19(35-2)16-24(36-3)25(23)37-14-6-13-33/h4-5,7-12,15-16,33H,6,13-14H2,1-3H3,(H,28,34)(H,29,31)(H,30,32). The van der Waals surface area contributed by atoms with Crippen molar-refractivity contribution in [2.45, 2.75) is 18.2 Å². The van der Waals surface area contributed by atoms with E-state index >= 15 is 0 Å². The van der Waals surface area contributed by atoms with Gasteiger partial charge in [-0.15, -0.1) is 0 Å². The van der Waals surface area contributed by atoms with Crippen molar-refractivity contribution >= 4 is 51.9 Å². The van der Waals surface area contributed by atoms with Crippen LogP contribution in [0, 0.1) is 0 Å². The number of hydrogen-bond donors (Lipinski definition) is 4. The summed E-state index contributed by atoms with van der Waals surface area (Å²) >= 11 is 1.36. The molecule has 4 N–H and O–H groups in total. The molecule has 3 aromatic carbocycles. The first-order valence-electron chi connectivity index (χ1n) is 11.8. The second-order valence-electron chi connectivity index (χ2n) is 8.08. The van der Waals surface area contributed by atoms with E-state index in [1.165, 1.54) is 18.9 Å². The lowest BCUT2D eigenvalue weighted by Crippen LogP contribution is -2.07. The highest BCUT2D eigenvalue weighted by atomic mass is 32.2. The summed E-state index contributed by atoms with van der Waals surface area (Å²) in [7, 11) is 3.12. The molecule has 0 bridgehead atoms. The van der Waals surface area contributed by atoms with Gasteiger partial charge in [-0.25, -0.2) is 9.97 Å². The number of aromatic nitrogens is 2. The highest BCUT2D eigenvalue weighted by Crippen LogP contribution is 2.42. The molecule has 11 heteroatoms. The number of fused-ring (bicyclic) bond motifs is 1. The molecule has 0 spiro atoms. The van der Waals surface area contributed by atoms with Crippen molar-refractivity contribution in [3.63, 3.8) is 0 Å². The predicted octanol–water partition coefficient (Wildman–Crippen LogP) is 5.23. The largest absolute Gasteiger partial charge is 0.497 e. The number of hydrogen-bond acceptors (Lipinski definition) is 10. The van der Waals surface area contributed by atoms with Gasteiger partial charge >= 0.3 is 0 Å². The Bertz CT molecular complexity index is 1400. The van der Waals surface area contributed by atoms with E-state index in [1.807, 2.05) is 48.5 Å². The molecule has 38 heavy (non-hydrogen) atoms. The first-order valence-corrected chi connectivity index (χ1v) is 12.7. The number of para-hydroxylation sites is 2. The summed E-state index contributed by atoms with van der Waals surface area (Å²) in [6.07, 6.45) is 0.467. The van der Waals surface area contributed by atoms with E-state index in [2.05, 4.69) is 15.4 Å². The van der Waals surface area contributed by atoms with Gasteiger partial charge in [-0.05, 0) is 48.3 Å². The summed E-state index contributed by atoms with van der Waals surface area (Å²) in [4.78, 5) is 21.8. The molecule has 1 heterocycles. The van der Waals surface area contributed by atoms with Crippen LogP contribution in [0.15, 0.2) is 65.6 Å². The van der Waals surface area contributed by atoms with Crippen molar-refractivity contribution in [1.82, 2.24) is 9.97 Å². The monoisotopic (exact) mass is 535 g/mol. The molecule has 1 amide bonds. The van der Waals surface area contributed by atoms with Crippen molar-refractivity contribution in [3.8, 4) is 17.2 Å². The van der Waals surface area contributed by atoms with Gasteiger partial charge in [0.15, 0.2) is 23.1 Å². The SMILES string of the molecule is COc1cc(Nc2nc3ccccc3nc2NSc2ccc(NC(C)=O)cc2)c(OCCCO)c(OC)c1. The maximum atomic E-state index is 11.3. The zero-order valence-electron chi connectivity index (χ0n) is 21.3. The lowest BCUT2D eigenvalue weighted by Gasteiger charge is -2.19. The molecule has 4 aromatic rings. The number of carbonyl (C=O) groups excluding carboxylic acids is 1. The number of ether oxygens (including phenoxy) is 3. The van der Waals surface area contributed by atoms with Crippen LogP contribution in [0.2, 0.25) is 0 Å². The Labute approximate surface area is 224 Å². The van der Waals surface area contributed by atoms with Crippen LogP contribution in [0.5, 0.6) is 17.2 Å². The van der Waals surface area contributed by atoms with Gasteiger partial charge in [0, 0.05) is 42.7 Å². The molecule has 0 aliphatic carbocycles. The van der Waals surface area contributed by atoms with Gasteiger partial charge in [0.25, 0.3) is 0 Å². The molecule has 4 rings (SSSR count). The minimum atomic E-state index is -0.125. The van der Waals surface area contributed by atoms with Gasteiger partial charge < -0.3 is 34.7 Å². The summed E-state index contributed by atoms with van der Waals surface area (Å²) in [5, 5.41) is 15.3. The average molecular weight is 536 g/mol. The second kappa shape index (κ2) is 12.8. The number of rotatable bonds is 12. The Morgan fingerprint density at radius 3 is 2.32 bits per heavy atom. The Hall–Kier alpha value is -4.22. The van der Waals surface area contributed by atoms with E-state index in [-0.39, 0.29) is 12.5 Å². The molecular formula is C27H29N5O5S. The zero-order valence-corrected chi connectivity index (χ0v) is 22.1. The number of benzene rings is 3. The molecule has 0 aliphatic heterocycles. The molecule has 0 unspecified atom stereocenters. The lowest BCUT2D eigenvalue weighted by molar-refractivity contribution is -0.114. The number of carbonyl (C=O) groups is 1. The fourth-order valence-electron chi connectivity index (χ4n) is 3.53. The normalized spacial score (nSPS) is 10.6. The highest BCUT2D eigenvalue weighted by Gasteiger charge is 2.18. The highest BCUT2D eigenvalue weighted by molar-refractivity contribution is 8.00. The number of nitrogens with one attached hydrogen (secondary N) is 3. The number of aliphatic hydroxyl groups is 1. The Morgan fingerprint density at radius 2 is 1.68 bits per heavy atom. The Kier molecular flexibility index (Phi) is 9.07. The third-order valence-corrected chi connectivity index (χ3v) is 6.10. The quantitative estimate of drug-likeness (QED) is 0.141. The van der Waals surface area contributed by atoms with Gasteiger partial charge in [0.2, 0.25) is 5.91 Å². The first kappa shape index (κ1) is 26.8. The third kappa shape index (κ3) is 6.75. The smallest absolute Gasteiger partial charge is 0.221 e. The molecule has 0 radical (unpaired) electrons. The number of amides is 1. The molecule has 0 aliphatic rings. The van der Waals surface area contributed by atoms with Crippen LogP contribution in [0.4, 0.5) is 23.0 Å². The third-order valence-electron chi connectivity index (χ3n) is 5.30. The summed E-state index contributed by atoms with van der Waals surface area (Å²) in [5.41, 5.74) is 2.72. The maximum Gasteiger partial charge on any atom is 0.221 e. The van der Waals surface area contributed by atoms with Crippen molar-refractivity contribution < 1.29 is 24.1 Å². The summed E-state index contributed by atoms with van der Waals surface area (Å²) in [5.74, 6) is 2.34. The van der Waals surface area contributed by atoms with Crippen molar-refractivity contribution in [2.24, 2.45) is 0 Å². The first-order chi connectivity index (χ1) is 18.5. The fourth-order valence-corrected chi connectivity index (χ4v) is 4.16. The molecule has 0 atom stereocenters. The lowest BCUT2D eigenvalue weighted by atomic mass is 10.2. The zero-order chi connectivity index (χ0) is 26.9. The van der Waals surface area contributed by atoms with Gasteiger partial charge in [-0.3, -0.25) is 4.79 Å². The Morgan fingerprint density at radius 1 is 0.974 bits per heavy atom. The van der Waals surface area contributed by atoms with E-state index in [9.17, 15) is 9.90 Å². The fraction of sp³-hybridized carbons (Fsp3) is 0.222. The van der Waals surface area contributed by atoms with Crippen molar-refractivity contribution in [1.29, 1.82) is 0 Å². The van der Waals surface area contributed by atoms with E-state index in [4.69, 9.17) is 24.2 Å². The van der Waals surface area contributed by atoms with Crippen LogP contribution in [0.25, 0.3) is 11.0 Å². The summed E-state index contributed by atoms with van der Waals surface area (Å²) in [6, 6.07) is 18.5. The van der Waals surface area contributed by atoms with Crippen molar-refractivity contribution in [2.75, 3.05) is 42.8 Å². The molecule has 0 saturated carbocycles. The molecular weight excluding hydrogens is 506 g/mol. The molecule has 0 saturated heterocycles. The number of nitrogens with zero attached hydrogens (tertiary/aromatic N) is 2. The van der Waals surface area contributed by atoms with E-state index in [0.29, 0.717) is 53.1 Å². The van der Waals surface area contributed by atoms with Crippen LogP contribution >= 0.6 is 11.9 Å². The van der Waals surface area contributed by atoms with E-state index in [0.717, 1.165) is 16.1 Å². The minimum absolute atomic E-state index is 0.00840. The van der Waals surface area contributed by atoms with E-state index in [1.54, 1.807) is 26.4 Å². The van der Waals surface area contributed by atoms with Crippen LogP contribution in [-0.4, -0.2) is 48.4 Å². The van der Waals surface area contributed by atoms with Gasteiger partial charge in [0.05, 0.1) is 37.5 Å². The Balaban J connectivity index is 1.67. The van der Waals surface area contributed by atoms with Gasteiger partial charge in [0.1, 0.15) is 5.75 Å². The van der Waals surface area contributed by atoms with Gasteiger partial charge in [-0.2, -0.15) is 0 Å². The number of anilines is 4. The average Bonchev–Trinajstić information content (AvgIpc) is 2.92. The summed E-state index contributed by atoms with van der Waals surface area (Å²) in [6.45, 7) is 1.78. The molecule has 1 aromatic heterocycles. The second-order valence-corrected chi connectivity index (χ2v) is 8.96. The molecule has 0 fully saturated rings. The van der Waals surface area contributed by atoms with Crippen LogP contribution < -0.4 is 29.6 Å². The number of aliphatic hydroxyl groups excluding tert-OH is 1. The van der Waals surface area contributed by atoms with Crippen LogP contribution in [0.3, 0.4) is 0 Å².